The summed E-state index contributed by atoms with van der Waals surface area (Å²) >= 11 is 0. The number of hydrogen-bond donors (Lipinski definition) is 0. The molecule has 0 saturated carbocycles. The highest BCUT2D eigenvalue weighted by Gasteiger charge is 2.34. The Morgan fingerprint density at radius 2 is 1.33 bits per heavy atom. The van der Waals surface area contributed by atoms with E-state index in [9.17, 15) is 0 Å². The average molecular weight is 305 g/mol. The molecule has 0 aromatic rings. The van der Waals surface area contributed by atoms with Crippen LogP contribution in [0.2, 0.25) is 39.3 Å². The van der Waals surface area contributed by atoms with Gasteiger partial charge in [-0.1, -0.05) is 19.6 Å². The summed E-state index contributed by atoms with van der Waals surface area (Å²) < 4.78 is 8.02. The summed E-state index contributed by atoms with van der Waals surface area (Å²) in [4.78, 5) is 0. The maximum Gasteiger partial charge on any atom is 0.179 e. The van der Waals surface area contributed by atoms with Crippen LogP contribution in [0.15, 0.2) is 4.41 Å². The molecule has 5 heteroatoms. The van der Waals surface area contributed by atoms with Crippen molar-refractivity contribution < 1.29 is 0 Å². The van der Waals surface area contributed by atoms with E-state index in [0.717, 1.165) is 0 Å². The molecular formula is C13H33N2PSi2. The highest BCUT2D eigenvalue weighted by atomic mass is 31.1. The van der Waals surface area contributed by atoms with Crippen molar-refractivity contribution in [2.24, 2.45) is 4.41 Å². The Morgan fingerprint density at radius 1 is 0.944 bits per heavy atom. The minimum Gasteiger partial charge on any atom is -0.299 e. The van der Waals surface area contributed by atoms with Gasteiger partial charge in [-0.2, -0.15) is 0 Å². The Balaban J connectivity index is 6.06. The molecule has 0 aliphatic heterocycles. The molecule has 0 spiro atoms. The van der Waals surface area contributed by atoms with Gasteiger partial charge >= 0.3 is 0 Å². The van der Waals surface area contributed by atoms with Gasteiger partial charge in [0.2, 0.25) is 0 Å². The van der Waals surface area contributed by atoms with Crippen LogP contribution in [-0.4, -0.2) is 31.6 Å². The fourth-order valence-corrected chi connectivity index (χ4v) is 11.9. The van der Waals surface area contributed by atoms with E-state index < -0.39 is 24.0 Å². The van der Waals surface area contributed by atoms with Gasteiger partial charge in [-0.25, -0.2) is 0 Å². The van der Waals surface area contributed by atoms with Crippen LogP contribution < -0.4 is 0 Å². The summed E-state index contributed by atoms with van der Waals surface area (Å²) in [6.07, 6.45) is 0. The first-order valence-corrected chi connectivity index (χ1v) is 14.9. The van der Waals surface area contributed by atoms with Crippen molar-refractivity contribution in [3.63, 3.8) is 0 Å². The van der Waals surface area contributed by atoms with Gasteiger partial charge in [0.25, 0.3) is 0 Å². The predicted octanol–water partition coefficient (Wildman–Crippen LogP) is 5.55. The Kier molecular flexibility index (Phi) is 5.90. The third-order valence-electron chi connectivity index (χ3n) is 2.25. The first kappa shape index (κ1) is 18.4. The first-order chi connectivity index (χ1) is 7.66. The first-order valence-electron chi connectivity index (χ1n) is 6.79. The van der Waals surface area contributed by atoms with E-state index in [1.165, 1.54) is 5.29 Å². The molecule has 108 valence electrons. The van der Waals surface area contributed by atoms with E-state index in [0.29, 0.717) is 0 Å². The maximum absolute atomic E-state index is 5.27. The lowest BCUT2D eigenvalue weighted by Crippen LogP contribution is -2.51. The van der Waals surface area contributed by atoms with Gasteiger partial charge in [0.1, 0.15) is 8.24 Å². The SMILES string of the molecule is CC(C)=P(=N[Si](C)(C)C)N(C(C)(C)C)[Si](C)(C)C. The van der Waals surface area contributed by atoms with E-state index in [4.69, 9.17) is 4.41 Å². The molecule has 0 aromatic carbocycles. The molecule has 0 fully saturated rings. The fourth-order valence-electron chi connectivity index (χ4n) is 2.20. The van der Waals surface area contributed by atoms with Crippen LogP contribution in [0.3, 0.4) is 0 Å². The van der Waals surface area contributed by atoms with Crippen molar-refractivity contribution in [1.29, 1.82) is 0 Å². The van der Waals surface area contributed by atoms with Crippen molar-refractivity contribution in [3.8, 4) is 0 Å². The lowest BCUT2D eigenvalue weighted by molar-refractivity contribution is 0.377. The van der Waals surface area contributed by atoms with E-state index >= 15 is 0 Å². The standard InChI is InChI=1S/C13H33N2PSi2/c1-12(2)16(14-17(6,7)8)15(13(3,4)5)18(9,10)11/h1-11H3. The molecule has 0 aliphatic carbocycles. The molecule has 0 aromatic heterocycles. The molecule has 0 N–H and O–H groups in total. The van der Waals surface area contributed by atoms with Crippen molar-refractivity contribution in [2.45, 2.75) is 79.4 Å². The zero-order valence-corrected chi connectivity index (χ0v) is 17.2. The monoisotopic (exact) mass is 304 g/mol. The lowest BCUT2D eigenvalue weighted by atomic mass is 10.1. The molecule has 0 amide bonds. The van der Waals surface area contributed by atoms with Gasteiger partial charge in [-0.15, -0.1) is 0 Å². The van der Waals surface area contributed by atoms with Gasteiger partial charge in [0.15, 0.2) is 8.24 Å². The van der Waals surface area contributed by atoms with Gasteiger partial charge in [0, 0.05) is 13.0 Å². The minimum atomic E-state index is -1.39. The zero-order chi connectivity index (χ0) is 14.9. The third kappa shape index (κ3) is 6.00. The normalized spacial score (nSPS) is 15.2. The number of nitrogens with zero attached hydrogens (tertiary/aromatic N) is 2. The molecule has 1 unspecified atom stereocenters. The van der Waals surface area contributed by atoms with Crippen LogP contribution in [0.1, 0.15) is 34.6 Å². The quantitative estimate of drug-likeness (QED) is 0.493. The summed E-state index contributed by atoms with van der Waals surface area (Å²) in [6, 6.07) is 0. The molecule has 0 radical (unpaired) electrons. The van der Waals surface area contributed by atoms with Crippen LogP contribution in [0.25, 0.3) is 0 Å². The zero-order valence-electron chi connectivity index (χ0n) is 14.3. The number of rotatable bonds is 3. The van der Waals surface area contributed by atoms with Crippen molar-refractivity contribution >= 4 is 29.3 Å². The molecule has 0 heterocycles. The summed E-state index contributed by atoms with van der Waals surface area (Å²) in [5.74, 6) is 0. The summed E-state index contributed by atoms with van der Waals surface area (Å²) in [6.45, 7) is 25.9. The second kappa shape index (κ2) is 5.78. The average Bonchev–Trinajstić information content (AvgIpc) is 1.93. The highest BCUT2D eigenvalue weighted by molar-refractivity contribution is 7.50. The molecule has 1 atom stereocenters. The van der Waals surface area contributed by atoms with E-state index in [1.54, 1.807) is 0 Å². The molecule has 0 saturated heterocycles. The smallest absolute Gasteiger partial charge is 0.179 e. The summed E-state index contributed by atoms with van der Waals surface area (Å²) in [5.41, 5.74) is 0.205. The van der Waals surface area contributed by atoms with Crippen LogP contribution in [-0.2, 0) is 0 Å². The van der Waals surface area contributed by atoms with Crippen molar-refractivity contribution in [1.82, 2.24) is 4.34 Å². The molecule has 0 aliphatic rings. The van der Waals surface area contributed by atoms with Crippen LogP contribution in [0.4, 0.5) is 0 Å². The molecular weight excluding hydrogens is 271 g/mol. The molecule has 2 nitrogen and oxygen atoms in total. The van der Waals surface area contributed by atoms with Gasteiger partial charge in [0.05, 0.1) is 0 Å². The summed E-state index contributed by atoms with van der Waals surface area (Å²) in [7, 11) is -3.22. The topological polar surface area (TPSA) is 15.6 Å². The fraction of sp³-hybridized carbons (Fsp3) is 0.923. The van der Waals surface area contributed by atoms with Crippen LogP contribution in [0, 0.1) is 0 Å². The van der Waals surface area contributed by atoms with E-state index in [2.05, 4.69) is 78.2 Å². The lowest BCUT2D eigenvalue weighted by Gasteiger charge is -2.43. The second-order valence-corrected chi connectivity index (χ2v) is 20.3. The predicted molar refractivity (Wildman–Crippen MR) is 94.0 cm³/mol. The minimum absolute atomic E-state index is 0.205. The highest BCUT2D eigenvalue weighted by Crippen LogP contribution is 2.38. The van der Waals surface area contributed by atoms with Crippen LogP contribution >= 0.6 is 7.49 Å². The number of hydrogen-bond acceptors (Lipinski definition) is 1. The van der Waals surface area contributed by atoms with E-state index in [1.807, 2.05) is 0 Å². The van der Waals surface area contributed by atoms with Crippen molar-refractivity contribution in [3.05, 3.63) is 0 Å². The van der Waals surface area contributed by atoms with Crippen LogP contribution in [0.5, 0.6) is 0 Å². The Labute approximate surface area is 118 Å². The third-order valence-corrected chi connectivity index (χ3v) is 11.5. The van der Waals surface area contributed by atoms with Gasteiger partial charge in [-0.05, 0) is 59.6 Å². The maximum atomic E-state index is 5.27. The van der Waals surface area contributed by atoms with Crippen molar-refractivity contribution in [2.75, 3.05) is 0 Å². The van der Waals surface area contributed by atoms with E-state index in [-0.39, 0.29) is 5.54 Å². The van der Waals surface area contributed by atoms with Gasteiger partial charge < -0.3 is 0 Å². The largest absolute Gasteiger partial charge is 0.299 e. The molecule has 18 heavy (non-hydrogen) atoms. The molecule has 0 bridgehead atoms. The second-order valence-electron chi connectivity index (χ2n) is 8.16. The Morgan fingerprint density at radius 3 is 1.50 bits per heavy atom. The summed E-state index contributed by atoms with van der Waals surface area (Å²) in [5, 5.41) is 1.49. The van der Waals surface area contributed by atoms with Gasteiger partial charge in [-0.3, -0.25) is 8.75 Å². The molecule has 0 rings (SSSR count). The Bertz CT molecular complexity index is 357. The Hall–Kier alpha value is 0.364.